The smallest absolute Gasteiger partial charge is 0.441 e. The number of quaternary nitrogens is 1. The van der Waals surface area contributed by atoms with Crippen molar-refractivity contribution in [1.82, 2.24) is 20.2 Å². The molecule has 1 aliphatic rings. The molecule has 0 aliphatic carbocycles. The molecule has 0 spiro atoms. The zero-order chi connectivity index (χ0) is 36.5. The molecule has 0 saturated carbocycles. The van der Waals surface area contributed by atoms with E-state index in [1.165, 1.54) is 21.1 Å². The summed E-state index contributed by atoms with van der Waals surface area (Å²) in [5.74, 6) is -0.363. The van der Waals surface area contributed by atoms with Gasteiger partial charge in [0, 0.05) is 11.1 Å². The normalized spacial score (nSPS) is 16.2. The van der Waals surface area contributed by atoms with E-state index < -0.39 is 28.8 Å². The Bertz CT molecular complexity index is 2190. The third-order valence-electron chi connectivity index (χ3n) is 9.25. The average molecular weight is 700 g/mol. The van der Waals surface area contributed by atoms with Gasteiger partial charge in [0.2, 0.25) is 12.4 Å². The first-order valence-electron chi connectivity index (χ1n) is 16.5. The Morgan fingerprint density at radius 3 is 1.69 bits per heavy atom. The van der Waals surface area contributed by atoms with Gasteiger partial charge in [0.25, 0.3) is 0 Å². The monoisotopic (exact) mass is 699 g/mol. The van der Waals surface area contributed by atoms with Crippen molar-refractivity contribution in [2.24, 2.45) is 5.10 Å². The molecule has 0 N–H and O–H groups in total. The van der Waals surface area contributed by atoms with E-state index >= 15 is 0 Å². The molecule has 1 aromatic heterocycles. The van der Waals surface area contributed by atoms with Crippen LogP contribution < -0.4 is 0 Å². The molecule has 11 heteroatoms. The van der Waals surface area contributed by atoms with Crippen LogP contribution in [0.2, 0.25) is 0 Å². The van der Waals surface area contributed by atoms with Crippen molar-refractivity contribution >= 4 is 17.4 Å². The lowest BCUT2D eigenvalue weighted by Crippen LogP contribution is -2.43. The van der Waals surface area contributed by atoms with E-state index in [2.05, 4.69) is 51.8 Å². The highest BCUT2D eigenvalue weighted by Gasteiger charge is 2.50. The minimum atomic E-state index is -4.54. The Morgan fingerprint density at radius 1 is 0.712 bits per heavy atom. The molecule has 1 aliphatic heterocycles. The van der Waals surface area contributed by atoms with Crippen LogP contribution in [0.15, 0.2) is 150 Å². The first kappa shape index (κ1) is 34.3. The largest absolute Gasteiger partial charge is 0.465 e. The lowest BCUT2D eigenvalue weighted by atomic mass is 9.77. The molecule has 0 saturated heterocycles. The maximum atomic E-state index is 13.8. The molecule has 8 nitrogen and oxygen atoms in total. The number of esters is 1. The van der Waals surface area contributed by atoms with Crippen LogP contribution in [0.1, 0.15) is 29.2 Å². The molecule has 6 aromatic rings. The minimum absolute atomic E-state index is 0.0157. The van der Waals surface area contributed by atoms with Crippen LogP contribution in [0.5, 0.6) is 0 Å². The topological polar surface area (TPSA) is 82.3 Å². The summed E-state index contributed by atoms with van der Waals surface area (Å²) >= 11 is 0. The quantitative estimate of drug-likeness (QED) is 0.0865. The van der Waals surface area contributed by atoms with E-state index in [-0.39, 0.29) is 17.0 Å². The van der Waals surface area contributed by atoms with Crippen molar-refractivity contribution in [3.8, 4) is 22.5 Å². The second-order valence-electron chi connectivity index (χ2n) is 12.6. The van der Waals surface area contributed by atoms with Gasteiger partial charge in [0.1, 0.15) is 11.3 Å². The van der Waals surface area contributed by atoms with Gasteiger partial charge in [-0.15, -0.1) is 15.0 Å². The molecular formula is C41H34F3N6O2+. The second-order valence-corrected chi connectivity index (χ2v) is 12.6. The highest BCUT2D eigenvalue weighted by Crippen LogP contribution is 2.42. The number of aromatic nitrogens is 4. The third kappa shape index (κ3) is 6.09. The molecular weight excluding hydrogens is 665 g/mol. The Morgan fingerprint density at radius 2 is 1.19 bits per heavy atom. The SMILES string of the molecule is COC(=O)C1=C(c2ccc(-c3ccccc3-c3nnn(C(c4ccccc4)(c4ccccc4)c4ccccc4)n3)cc2)[N+](C)(CC(F)(F)F)N=C1C. The molecule has 0 bridgehead atoms. The highest BCUT2D eigenvalue weighted by atomic mass is 19.4. The van der Waals surface area contributed by atoms with Crippen LogP contribution >= 0.6 is 0 Å². The number of carbonyl (C=O) groups excluding carboxylic acids is 1. The molecule has 0 amide bonds. The molecule has 0 fully saturated rings. The predicted octanol–water partition coefficient (Wildman–Crippen LogP) is 8.13. The summed E-state index contributed by atoms with van der Waals surface area (Å²) in [5.41, 5.74) is 4.85. The van der Waals surface area contributed by atoms with Gasteiger partial charge >= 0.3 is 12.1 Å². The third-order valence-corrected chi connectivity index (χ3v) is 9.25. The fraction of sp³-hybridized carbons (Fsp3) is 0.146. The maximum Gasteiger partial charge on any atom is 0.441 e. The maximum absolute atomic E-state index is 13.8. The van der Waals surface area contributed by atoms with Crippen LogP contribution in [0.4, 0.5) is 13.2 Å². The summed E-state index contributed by atoms with van der Waals surface area (Å²) in [4.78, 5) is 14.5. The van der Waals surface area contributed by atoms with E-state index in [0.717, 1.165) is 27.8 Å². The minimum Gasteiger partial charge on any atom is -0.465 e. The molecule has 1 atom stereocenters. The molecule has 52 heavy (non-hydrogen) atoms. The molecule has 5 aromatic carbocycles. The van der Waals surface area contributed by atoms with E-state index in [4.69, 9.17) is 9.84 Å². The fourth-order valence-electron chi connectivity index (χ4n) is 7.16. The zero-order valence-electron chi connectivity index (χ0n) is 28.6. The summed E-state index contributed by atoms with van der Waals surface area (Å²) in [6.45, 7) is 0.224. The van der Waals surface area contributed by atoms with Crippen LogP contribution in [-0.2, 0) is 15.1 Å². The molecule has 0 radical (unpaired) electrons. The van der Waals surface area contributed by atoms with E-state index in [1.807, 2.05) is 78.9 Å². The Hall–Kier alpha value is -6.20. The fourth-order valence-corrected chi connectivity index (χ4v) is 7.16. The number of alkyl halides is 3. The molecule has 7 rings (SSSR count). The van der Waals surface area contributed by atoms with E-state index in [9.17, 15) is 18.0 Å². The van der Waals surface area contributed by atoms with Crippen molar-refractivity contribution in [2.75, 3.05) is 20.7 Å². The van der Waals surface area contributed by atoms with Gasteiger partial charge < -0.3 is 4.74 Å². The lowest BCUT2D eigenvalue weighted by Gasteiger charge is -2.34. The van der Waals surface area contributed by atoms with Crippen LogP contribution in [0.25, 0.3) is 28.2 Å². The number of hydrogen-bond acceptors (Lipinski definition) is 6. The Balaban J connectivity index is 1.33. The zero-order valence-corrected chi connectivity index (χ0v) is 28.6. The number of rotatable bonds is 9. The number of methoxy groups -OCH3 is 1. The summed E-state index contributed by atoms with van der Waals surface area (Å²) in [5, 5.41) is 18.6. The van der Waals surface area contributed by atoms with Gasteiger partial charge in [-0.3, -0.25) is 0 Å². The van der Waals surface area contributed by atoms with E-state index in [1.54, 1.807) is 29.1 Å². The first-order valence-corrected chi connectivity index (χ1v) is 16.5. The summed E-state index contributed by atoms with van der Waals surface area (Å²) in [6.07, 6.45) is -4.54. The predicted molar refractivity (Wildman–Crippen MR) is 192 cm³/mol. The number of ether oxygens (including phenoxy) is 1. The first-order chi connectivity index (χ1) is 25.0. The number of hydrogen-bond donors (Lipinski definition) is 0. The number of carbonyl (C=O) groups is 1. The van der Waals surface area contributed by atoms with Gasteiger partial charge in [-0.25, -0.2) is 4.79 Å². The summed E-state index contributed by atoms with van der Waals surface area (Å²) in [7, 11) is 2.53. The van der Waals surface area contributed by atoms with Crippen LogP contribution in [0.3, 0.4) is 0 Å². The van der Waals surface area contributed by atoms with Gasteiger partial charge in [-0.05, 0) is 52.1 Å². The number of tetrazole rings is 1. The van der Waals surface area contributed by atoms with Gasteiger partial charge in [0.05, 0.1) is 14.2 Å². The summed E-state index contributed by atoms with van der Waals surface area (Å²) < 4.78 is 45.5. The van der Waals surface area contributed by atoms with Crippen molar-refractivity contribution < 1.29 is 27.3 Å². The van der Waals surface area contributed by atoms with Gasteiger partial charge in [-0.2, -0.15) is 17.8 Å². The molecule has 260 valence electrons. The van der Waals surface area contributed by atoms with Crippen molar-refractivity contribution in [2.45, 2.75) is 18.6 Å². The van der Waals surface area contributed by atoms with Crippen molar-refractivity contribution in [3.63, 3.8) is 0 Å². The number of benzene rings is 5. The van der Waals surface area contributed by atoms with Crippen LogP contribution in [0, 0.1) is 0 Å². The summed E-state index contributed by atoms with van der Waals surface area (Å²) in [6, 6.07) is 44.7. The average Bonchev–Trinajstić information content (AvgIpc) is 3.74. The van der Waals surface area contributed by atoms with Gasteiger partial charge in [-0.1, -0.05) is 132 Å². The lowest BCUT2D eigenvalue weighted by molar-refractivity contribution is -0.855. The number of nitrogens with zero attached hydrogens (tertiary/aromatic N) is 6. The highest BCUT2D eigenvalue weighted by molar-refractivity contribution is 6.24. The Labute approximate surface area is 298 Å². The van der Waals surface area contributed by atoms with Crippen molar-refractivity contribution in [1.29, 1.82) is 0 Å². The van der Waals surface area contributed by atoms with Crippen molar-refractivity contribution in [3.05, 3.63) is 167 Å². The van der Waals surface area contributed by atoms with Crippen LogP contribution in [-0.4, -0.2) is 63.4 Å². The number of halogens is 3. The molecule has 2 heterocycles. The standard InChI is InChI=1S/C41H34F3N6O2/c1-28-36(39(51)52-3)37(50(2,47-28)27-40(42,43)44)30-25-23-29(24-26-30)34-21-13-14-22-35(34)38-45-48-49(46-38)41(31-15-7-4-8-16-31,32-17-9-5-10-18-32)33-19-11-6-12-20-33/h4-26H,27H2,1-3H3/q+1. The van der Waals surface area contributed by atoms with E-state index in [0.29, 0.717) is 17.0 Å². The Kier molecular flexibility index (Phi) is 8.89. The second kappa shape index (κ2) is 13.5. The van der Waals surface area contributed by atoms with Gasteiger partial charge in [0.15, 0.2) is 11.2 Å². The molecule has 1 unspecified atom stereocenters.